The Labute approximate surface area is 149 Å². The van der Waals surface area contributed by atoms with Crippen molar-refractivity contribution in [2.75, 3.05) is 13.1 Å². The van der Waals surface area contributed by atoms with E-state index >= 15 is 0 Å². The largest absolute Gasteiger partial charge is 0.383 e. The third kappa shape index (κ3) is 3.56. The van der Waals surface area contributed by atoms with E-state index in [0.29, 0.717) is 19.4 Å². The molecule has 136 valence electrons. The topological polar surface area (TPSA) is 69.6 Å². The van der Waals surface area contributed by atoms with Gasteiger partial charge in [0.1, 0.15) is 11.6 Å². The zero-order chi connectivity index (χ0) is 18.0. The van der Waals surface area contributed by atoms with Crippen LogP contribution >= 0.6 is 0 Å². The molecule has 0 saturated carbocycles. The Hall–Kier alpha value is -1.88. The molecular formula is C20H28N2O3. The molecule has 3 rings (SSSR count). The molecule has 1 aliphatic heterocycles. The molecule has 1 fully saturated rings. The van der Waals surface area contributed by atoms with Crippen molar-refractivity contribution < 1.29 is 14.7 Å². The van der Waals surface area contributed by atoms with E-state index in [1.807, 2.05) is 38.1 Å². The van der Waals surface area contributed by atoms with Gasteiger partial charge in [0.25, 0.3) is 0 Å². The zero-order valence-corrected chi connectivity index (χ0v) is 15.1. The van der Waals surface area contributed by atoms with E-state index in [1.54, 1.807) is 4.90 Å². The van der Waals surface area contributed by atoms with Gasteiger partial charge in [-0.05, 0) is 42.7 Å². The van der Waals surface area contributed by atoms with Crippen molar-refractivity contribution in [3.63, 3.8) is 0 Å². The Balaban J connectivity index is 1.72. The molecule has 2 atom stereocenters. The molecule has 2 N–H and O–H groups in total. The molecule has 1 aromatic rings. The lowest BCUT2D eigenvalue weighted by Crippen LogP contribution is -2.53. The van der Waals surface area contributed by atoms with Crippen LogP contribution in [0.3, 0.4) is 0 Å². The Morgan fingerprint density at radius 1 is 1.28 bits per heavy atom. The predicted molar refractivity (Wildman–Crippen MR) is 95.9 cm³/mol. The average Bonchev–Trinajstić information content (AvgIpc) is 2.99. The van der Waals surface area contributed by atoms with Crippen LogP contribution in [0.2, 0.25) is 0 Å². The number of fused-ring (bicyclic) bond motifs is 1. The Morgan fingerprint density at radius 3 is 2.72 bits per heavy atom. The minimum Gasteiger partial charge on any atom is -0.383 e. The van der Waals surface area contributed by atoms with Gasteiger partial charge in [-0.3, -0.25) is 9.59 Å². The molecule has 0 aromatic heterocycles. The highest BCUT2D eigenvalue weighted by molar-refractivity contribution is 5.88. The summed E-state index contributed by atoms with van der Waals surface area (Å²) in [6.07, 6.45) is 3.84. The summed E-state index contributed by atoms with van der Waals surface area (Å²) < 4.78 is 0. The van der Waals surface area contributed by atoms with E-state index in [-0.39, 0.29) is 24.3 Å². The second-order valence-corrected chi connectivity index (χ2v) is 7.64. The van der Waals surface area contributed by atoms with Crippen LogP contribution in [-0.2, 0) is 21.6 Å². The molecule has 5 nitrogen and oxygen atoms in total. The smallest absolute Gasteiger partial charge is 0.243 e. The number of nitrogens with one attached hydrogen (secondary N) is 1. The molecule has 0 radical (unpaired) electrons. The molecule has 2 amide bonds. The summed E-state index contributed by atoms with van der Waals surface area (Å²) in [7, 11) is 0. The molecular weight excluding hydrogens is 316 g/mol. The monoisotopic (exact) mass is 344 g/mol. The highest BCUT2D eigenvalue weighted by atomic mass is 16.3. The molecule has 2 unspecified atom stereocenters. The first-order valence-electron chi connectivity index (χ1n) is 9.30. The van der Waals surface area contributed by atoms with Crippen LogP contribution < -0.4 is 5.32 Å². The molecule has 1 aliphatic carbocycles. The second-order valence-electron chi connectivity index (χ2n) is 7.64. The maximum atomic E-state index is 12.8. The quantitative estimate of drug-likeness (QED) is 0.858. The number of amides is 2. The number of likely N-dealkylation sites (tertiary alicyclic amines) is 1. The summed E-state index contributed by atoms with van der Waals surface area (Å²) in [5.74, 6) is -0.0763. The van der Waals surface area contributed by atoms with Gasteiger partial charge in [0.2, 0.25) is 11.8 Å². The van der Waals surface area contributed by atoms with Gasteiger partial charge in [0.05, 0.1) is 6.54 Å². The van der Waals surface area contributed by atoms with Crippen molar-refractivity contribution in [2.45, 2.75) is 57.6 Å². The summed E-state index contributed by atoms with van der Waals surface area (Å²) in [6, 6.07) is 7.44. The Kier molecular flexibility index (Phi) is 5.13. The van der Waals surface area contributed by atoms with Gasteiger partial charge in [0.15, 0.2) is 0 Å². The molecule has 2 aliphatic rings. The van der Waals surface area contributed by atoms with E-state index in [1.165, 1.54) is 0 Å². The van der Waals surface area contributed by atoms with Crippen LogP contribution in [0.4, 0.5) is 0 Å². The van der Waals surface area contributed by atoms with E-state index < -0.39 is 11.6 Å². The van der Waals surface area contributed by atoms with Gasteiger partial charge >= 0.3 is 0 Å². The molecule has 1 saturated heterocycles. The molecule has 0 bridgehead atoms. The average molecular weight is 344 g/mol. The number of carbonyl (C=O) groups excluding carboxylic acids is 2. The molecule has 1 heterocycles. The van der Waals surface area contributed by atoms with Crippen LogP contribution in [0.1, 0.15) is 50.7 Å². The minimum atomic E-state index is -1.03. The van der Waals surface area contributed by atoms with Crippen molar-refractivity contribution in [1.29, 1.82) is 0 Å². The lowest BCUT2D eigenvalue weighted by Gasteiger charge is -2.36. The van der Waals surface area contributed by atoms with Crippen LogP contribution in [-0.4, -0.2) is 41.0 Å². The second kappa shape index (κ2) is 7.16. The van der Waals surface area contributed by atoms with Gasteiger partial charge < -0.3 is 15.3 Å². The number of aryl methyl sites for hydroxylation is 1. The minimum absolute atomic E-state index is 0.0373. The molecule has 5 heteroatoms. The van der Waals surface area contributed by atoms with E-state index in [0.717, 1.165) is 30.4 Å². The maximum Gasteiger partial charge on any atom is 0.243 e. The third-order valence-electron chi connectivity index (χ3n) is 5.46. The van der Waals surface area contributed by atoms with Crippen molar-refractivity contribution in [3.05, 3.63) is 35.4 Å². The predicted octanol–water partition coefficient (Wildman–Crippen LogP) is 1.97. The number of carbonyl (C=O) groups is 2. The number of hydrogen-bond acceptors (Lipinski definition) is 3. The fourth-order valence-electron chi connectivity index (χ4n) is 4.19. The van der Waals surface area contributed by atoms with Crippen molar-refractivity contribution in [2.24, 2.45) is 5.92 Å². The summed E-state index contributed by atoms with van der Waals surface area (Å²) in [5, 5.41) is 14.0. The van der Waals surface area contributed by atoms with Crippen molar-refractivity contribution in [3.8, 4) is 0 Å². The first-order chi connectivity index (χ1) is 11.9. The Morgan fingerprint density at radius 2 is 2.04 bits per heavy atom. The van der Waals surface area contributed by atoms with Crippen molar-refractivity contribution >= 4 is 11.8 Å². The number of rotatable bonds is 5. The fraction of sp³-hybridized carbons (Fsp3) is 0.600. The fourth-order valence-corrected chi connectivity index (χ4v) is 4.19. The van der Waals surface area contributed by atoms with E-state index in [4.69, 9.17) is 0 Å². The van der Waals surface area contributed by atoms with Gasteiger partial charge in [-0.15, -0.1) is 0 Å². The number of hydrogen-bond donors (Lipinski definition) is 2. The summed E-state index contributed by atoms with van der Waals surface area (Å²) in [6.45, 7) is 4.75. The lowest BCUT2D eigenvalue weighted by atomic mass is 9.79. The van der Waals surface area contributed by atoms with Gasteiger partial charge in [0, 0.05) is 13.0 Å². The number of nitrogens with zero attached hydrogens (tertiary/aromatic N) is 1. The highest BCUT2D eigenvalue weighted by Crippen LogP contribution is 2.34. The molecule has 1 aromatic carbocycles. The van der Waals surface area contributed by atoms with Gasteiger partial charge in [-0.2, -0.15) is 0 Å². The standard InChI is InChI=1S/C20H28N2O3/c1-14(2)18(22-12-6-10-17(22)23)19(24)21-13-20(25)11-5-8-15-7-3-4-9-16(15)20/h3-4,7,9,14,18,25H,5-6,8,10-13H2,1-2H3,(H,21,24). The van der Waals surface area contributed by atoms with Crippen LogP contribution in [0.5, 0.6) is 0 Å². The normalized spacial score (nSPS) is 24.3. The third-order valence-corrected chi connectivity index (χ3v) is 5.46. The molecule has 0 spiro atoms. The first-order valence-corrected chi connectivity index (χ1v) is 9.30. The van der Waals surface area contributed by atoms with E-state index in [9.17, 15) is 14.7 Å². The zero-order valence-electron chi connectivity index (χ0n) is 15.1. The summed E-state index contributed by atoms with van der Waals surface area (Å²) in [4.78, 5) is 26.5. The summed E-state index contributed by atoms with van der Waals surface area (Å²) in [5.41, 5.74) is 1.04. The SMILES string of the molecule is CC(C)C(C(=O)NCC1(O)CCCc2ccccc21)N1CCCC1=O. The molecule has 25 heavy (non-hydrogen) atoms. The van der Waals surface area contributed by atoms with Crippen LogP contribution in [0.25, 0.3) is 0 Å². The van der Waals surface area contributed by atoms with E-state index in [2.05, 4.69) is 5.32 Å². The van der Waals surface area contributed by atoms with Crippen molar-refractivity contribution in [1.82, 2.24) is 10.2 Å². The maximum absolute atomic E-state index is 12.8. The highest BCUT2D eigenvalue weighted by Gasteiger charge is 2.38. The Bertz CT molecular complexity index is 658. The van der Waals surface area contributed by atoms with Gasteiger partial charge in [-0.25, -0.2) is 0 Å². The van der Waals surface area contributed by atoms with Crippen LogP contribution in [0, 0.1) is 5.92 Å². The van der Waals surface area contributed by atoms with Crippen LogP contribution in [0.15, 0.2) is 24.3 Å². The first kappa shape index (κ1) is 17.9. The lowest BCUT2D eigenvalue weighted by molar-refractivity contribution is -0.139. The number of benzene rings is 1. The van der Waals surface area contributed by atoms with Gasteiger partial charge in [-0.1, -0.05) is 38.1 Å². The number of aliphatic hydroxyl groups is 1. The summed E-state index contributed by atoms with van der Waals surface area (Å²) >= 11 is 0.